The van der Waals surface area contributed by atoms with Crippen LogP contribution in [0.2, 0.25) is 0 Å². The van der Waals surface area contributed by atoms with E-state index in [9.17, 15) is 9.18 Å². The van der Waals surface area contributed by atoms with E-state index in [-0.39, 0.29) is 30.1 Å². The molecule has 0 saturated carbocycles. The van der Waals surface area contributed by atoms with Crippen LogP contribution < -0.4 is 4.74 Å². The second kappa shape index (κ2) is 8.62. The lowest BCUT2D eigenvalue weighted by Gasteiger charge is -2.24. The van der Waals surface area contributed by atoms with Gasteiger partial charge in [0.25, 0.3) is 5.91 Å². The van der Waals surface area contributed by atoms with Crippen molar-refractivity contribution in [1.82, 2.24) is 24.8 Å². The zero-order valence-corrected chi connectivity index (χ0v) is 17.1. The molecule has 4 aromatic rings. The molecule has 0 aliphatic carbocycles. The van der Waals surface area contributed by atoms with Gasteiger partial charge in [-0.15, -0.1) is 0 Å². The van der Waals surface area contributed by atoms with Crippen LogP contribution in [0.15, 0.2) is 71.8 Å². The van der Waals surface area contributed by atoms with E-state index in [0.29, 0.717) is 18.1 Å². The normalized spacial score (nSPS) is 15.8. The Kier molecular flexibility index (Phi) is 5.37. The van der Waals surface area contributed by atoms with Gasteiger partial charge in [-0.2, -0.15) is 5.10 Å². The molecule has 0 N–H and O–H groups in total. The van der Waals surface area contributed by atoms with Crippen molar-refractivity contribution in [2.45, 2.75) is 25.5 Å². The minimum absolute atomic E-state index is 0.0944. The minimum Gasteiger partial charge on any atom is -0.486 e. The van der Waals surface area contributed by atoms with Crippen molar-refractivity contribution in [3.63, 3.8) is 0 Å². The van der Waals surface area contributed by atoms with Gasteiger partial charge in [-0.1, -0.05) is 17.3 Å². The summed E-state index contributed by atoms with van der Waals surface area (Å²) in [5, 5.41) is 8.02. The number of ether oxygens (including phenoxy) is 1. The molecular formula is C23H20FN5O3. The highest BCUT2D eigenvalue weighted by molar-refractivity contribution is 5.92. The zero-order valence-electron chi connectivity index (χ0n) is 17.1. The quantitative estimate of drug-likeness (QED) is 0.458. The first-order valence-corrected chi connectivity index (χ1v) is 10.3. The van der Waals surface area contributed by atoms with Crippen LogP contribution in [0.5, 0.6) is 5.75 Å². The lowest BCUT2D eigenvalue weighted by molar-refractivity contribution is 0.0725. The molecule has 0 radical (unpaired) electrons. The fraction of sp³-hybridized carbons (Fsp3) is 0.217. The maximum absolute atomic E-state index is 13.3. The van der Waals surface area contributed by atoms with E-state index in [1.54, 1.807) is 34.1 Å². The molecule has 32 heavy (non-hydrogen) atoms. The molecule has 1 aliphatic heterocycles. The van der Waals surface area contributed by atoms with E-state index >= 15 is 0 Å². The van der Waals surface area contributed by atoms with E-state index in [4.69, 9.17) is 9.26 Å². The molecule has 1 amide bonds. The van der Waals surface area contributed by atoms with Gasteiger partial charge in [0.15, 0.2) is 11.5 Å². The summed E-state index contributed by atoms with van der Waals surface area (Å²) in [4.78, 5) is 18.7. The Bertz CT molecular complexity index is 1190. The number of likely N-dealkylation sites (tertiary alicyclic amines) is 1. The second-order valence-electron chi connectivity index (χ2n) is 7.51. The van der Waals surface area contributed by atoms with Crippen LogP contribution in [-0.4, -0.2) is 37.3 Å². The van der Waals surface area contributed by atoms with E-state index in [0.717, 1.165) is 24.1 Å². The van der Waals surface area contributed by atoms with Crippen LogP contribution in [0.3, 0.4) is 0 Å². The topological polar surface area (TPSA) is 86.3 Å². The van der Waals surface area contributed by atoms with Gasteiger partial charge < -0.3 is 14.2 Å². The average molecular weight is 433 g/mol. The number of benzene rings is 2. The van der Waals surface area contributed by atoms with Crippen molar-refractivity contribution in [2.24, 2.45) is 0 Å². The Morgan fingerprint density at radius 3 is 2.72 bits per heavy atom. The Labute approximate surface area is 183 Å². The number of hydrogen-bond donors (Lipinski definition) is 0. The largest absolute Gasteiger partial charge is 0.486 e. The summed E-state index contributed by atoms with van der Waals surface area (Å²) >= 11 is 0. The van der Waals surface area contributed by atoms with Crippen LogP contribution in [-0.2, 0) is 6.61 Å². The number of hydrogen-bond acceptors (Lipinski definition) is 6. The molecule has 3 heterocycles. The standard InChI is InChI=1S/C23H20FN5O3/c24-17-5-3-16(4-6-17)22-2-1-11-28(22)23(30)21-12-20(32-27-21)13-31-19-9-7-18(8-10-19)29-15-25-14-26-29/h3-10,12,14-15,22H,1-2,11,13H2. The Morgan fingerprint density at radius 2 is 1.97 bits per heavy atom. The predicted octanol–water partition coefficient (Wildman–Crippen LogP) is 3.95. The highest BCUT2D eigenvalue weighted by Crippen LogP contribution is 2.33. The van der Waals surface area contributed by atoms with Gasteiger partial charge in [0.1, 0.15) is 30.8 Å². The molecule has 0 spiro atoms. The van der Waals surface area contributed by atoms with Crippen LogP contribution in [0.25, 0.3) is 5.69 Å². The SMILES string of the molecule is O=C(c1cc(COc2ccc(-n3cncn3)cc2)on1)N1CCCC1c1ccc(F)cc1. The van der Waals surface area contributed by atoms with E-state index in [1.165, 1.54) is 18.5 Å². The Hall–Kier alpha value is -4.01. The van der Waals surface area contributed by atoms with Gasteiger partial charge in [-0.3, -0.25) is 4.79 Å². The lowest BCUT2D eigenvalue weighted by atomic mass is 10.0. The van der Waals surface area contributed by atoms with E-state index < -0.39 is 0 Å². The molecule has 5 rings (SSSR count). The van der Waals surface area contributed by atoms with E-state index in [2.05, 4.69) is 15.2 Å². The summed E-state index contributed by atoms with van der Waals surface area (Å²) in [5.41, 5.74) is 2.02. The molecule has 1 fully saturated rings. The monoisotopic (exact) mass is 433 g/mol. The zero-order chi connectivity index (χ0) is 21.9. The lowest BCUT2D eigenvalue weighted by Crippen LogP contribution is -2.30. The number of carbonyl (C=O) groups excluding carboxylic acids is 1. The van der Waals surface area contributed by atoms with Crippen LogP contribution in [0, 0.1) is 5.82 Å². The maximum Gasteiger partial charge on any atom is 0.276 e. The number of rotatable bonds is 6. The molecule has 9 heteroatoms. The molecule has 8 nitrogen and oxygen atoms in total. The van der Waals surface area contributed by atoms with Gasteiger partial charge in [0.2, 0.25) is 0 Å². The van der Waals surface area contributed by atoms with Crippen molar-refractivity contribution in [2.75, 3.05) is 6.54 Å². The van der Waals surface area contributed by atoms with Gasteiger partial charge in [-0.05, 0) is 54.8 Å². The molecule has 2 aromatic heterocycles. The number of carbonyl (C=O) groups is 1. The smallest absolute Gasteiger partial charge is 0.276 e. The van der Waals surface area contributed by atoms with Crippen molar-refractivity contribution in [1.29, 1.82) is 0 Å². The van der Waals surface area contributed by atoms with Gasteiger partial charge in [0, 0.05) is 12.6 Å². The molecule has 1 aliphatic rings. The summed E-state index contributed by atoms with van der Waals surface area (Å²) in [6.07, 6.45) is 4.79. The number of aromatic nitrogens is 4. The molecule has 1 atom stereocenters. The Morgan fingerprint density at radius 1 is 1.16 bits per heavy atom. The fourth-order valence-corrected chi connectivity index (χ4v) is 3.86. The number of nitrogens with zero attached hydrogens (tertiary/aromatic N) is 5. The third-order valence-electron chi connectivity index (χ3n) is 5.45. The third-order valence-corrected chi connectivity index (χ3v) is 5.45. The van der Waals surface area contributed by atoms with Crippen molar-refractivity contribution >= 4 is 5.91 Å². The van der Waals surface area contributed by atoms with Crippen molar-refractivity contribution in [3.8, 4) is 11.4 Å². The van der Waals surface area contributed by atoms with Gasteiger partial charge in [0.05, 0.1) is 11.7 Å². The fourth-order valence-electron chi connectivity index (χ4n) is 3.86. The first kappa shape index (κ1) is 19.9. The number of amides is 1. The first-order chi connectivity index (χ1) is 15.7. The van der Waals surface area contributed by atoms with Crippen LogP contribution in [0.1, 0.15) is 40.7 Å². The molecule has 1 saturated heterocycles. The summed E-state index contributed by atoms with van der Waals surface area (Å²) in [6, 6.07) is 15.2. The maximum atomic E-state index is 13.3. The van der Waals surface area contributed by atoms with Crippen molar-refractivity contribution in [3.05, 3.63) is 90.1 Å². The number of halogens is 1. The molecule has 0 bridgehead atoms. The molecular weight excluding hydrogens is 413 g/mol. The van der Waals surface area contributed by atoms with Crippen LogP contribution in [0.4, 0.5) is 4.39 Å². The Balaban J connectivity index is 1.22. The minimum atomic E-state index is -0.293. The summed E-state index contributed by atoms with van der Waals surface area (Å²) in [5.74, 6) is 0.600. The predicted molar refractivity (Wildman–Crippen MR) is 112 cm³/mol. The molecule has 1 unspecified atom stereocenters. The first-order valence-electron chi connectivity index (χ1n) is 10.3. The van der Waals surface area contributed by atoms with Gasteiger partial charge in [-0.25, -0.2) is 14.1 Å². The second-order valence-corrected chi connectivity index (χ2v) is 7.51. The highest BCUT2D eigenvalue weighted by atomic mass is 19.1. The summed E-state index contributed by atoms with van der Waals surface area (Å²) in [7, 11) is 0. The summed E-state index contributed by atoms with van der Waals surface area (Å²) < 4.78 is 26.0. The molecule has 2 aromatic carbocycles. The average Bonchev–Trinajstić information content (AvgIpc) is 3.60. The molecule has 162 valence electrons. The van der Waals surface area contributed by atoms with Gasteiger partial charge >= 0.3 is 0 Å². The van der Waals surface area contributed by atoms with E-state index in [1.807, 2.05) is 24.3 Å². The van der Waals surface area contributed by atoms with Crippen molar-refractivity contribution < 1.29 is 18.4 Å². The third kappa shape index (κ3) is 4.09. The summed E-state index contributed by atoms with van der Waals surface area (Å²) in [6.45, 7) is 0.766. The van der Waals surface area contributed by atoms with Crippen LogP contribution >= 0.6 is 0 Å². The highest BCUT2D eigenvalue weighted by Gasteiger charge is 2.32.